The molecule has 1 aromatic rings. The van der Waals surface area contributed by atoms with Crippen LogP contribution in [0.5, 0.6) is 0 Å². The van der Waals surface area contributed by atoms with Crippen molar-refractivity contribution in [3.8, 4) is 0 Å². The Morgan fingerprint density at radius 3 is 2.07 bits per heavy atom. The first kappa shape index (κ1) is 25.4. The first-order valence-corrected chi connectivity index (χ1v) is 11.3. The summed E-state index contributed by atoms with van der Waals surface area (Å²) in [6.45, 7) is 4.27. The van der Waals surface area contributed by atoms with Gasteiger partial charge in [0.05, 0.1) is 12.4 Å². The number of hydrogen-bond acceptors (Lipinski definition) is 5. The number of unbranched alkanes of at least 4 members (excludes halogenated alkanes) is 11. The Labute approximate surface area is 175 Å². The lowest BCUT2D eigenvalue weighted by molar-refractivity contribution is -0.118. The molecule has 1 amide bonds. The van der Waals surface area contributed by atoms with E-state index in [1.165, 1.54) is 83.5 Å². The molecule has 0 saturated carbocycles. The summed E-state index contributed by atoms with van der Waals surface area (Å²) >= 11 is 0. The van der Waals surface area contributed by atoms with E-state index in [1.54, 1.807) is 6.07 Å². The predicted molar refractivity (Wildman–Crippen MR) is 116 cm³/mol. The van der Waals surface area contributed by atoms with Crippen LogP contribution >= 0.6 is 0 Å². The van der Waals surface area contributed by atoms with Crippen molar-refractivity contribution in [3.05, 3.63) is 24.2 Å². The van der Waals surface area contributed by atoms with Gasteiger partial charge < -0.3 is 14.8 Å². The van der Waals surface area contributed by atoms with Crippen molar-refractivity contribution in [1.29, 1.82) is 0 Å². The number of aliphatic hydroxyl groups is 1. The van der Waals surface area contributed by atoms with Crippen molar-refractivity contribution in [1.82, 2.24) is 10.6 Å². The molecule has 6 nitrogen and oxygen atoms in total. The van der Waals surface area contributed by atoms with Crippen LogP contribution < -0.4 is 10.6 Å². The second-order valence-electron chi connectivity index (χ2n) is 7.91. The number of aliphatic hydroxyl groups excluding tert-OH is 1. The molecule has 1 rings (SSSR count). The Bertz CT molecular complexity index is 545. The second kappa shape index (κ2) is 15.2. The van der Waals surface area contributed by atoms with Crippen LogP contribution in [0.15, 0.2) is 22.8 Å². The van der Waals surface area contributed by atoms with Gasteiger partial charge in [0, 0.05) is 0 Å². The average Bonchev–Trinajstić information content (AvgIpc) is 3.25. The third-order valence-corrected chi connectivity index (χ3v) is 5.36. The minimum atomic E-state index is -1.51. The third kappa shape index (κ3) is 10.1. The van der Waals surface area contributed by atoms with Crippen LogP contribution in [0.3, 0.4) is 0 Å². The highest BCUT2D eigenvalue weighted by atomic mass is 16.3. The molecule has 6 heteroatoms. The number of furan rings is 1. The van der Waals surface area contributed by atoms with Crippen LogP contribution in [-0.4, -0.2) is 35.6 Å². The Kier molecular flexibility index (Phi) is 13.3. The maximum absolute atomic E-state index is 12.2. The molecule has 0 fully saturated rings. The largest absolute Gasteiger partial charge is 0.459 e. The van der Waals surface area contributed by atoms with Gasteiger partial charge in [-0.25, -0.2) is 0 Å². The monoisotopic (exact) mass is 408 g/mol. The lowest BCUT2D eigenvalue weighted by Crippen LogP contribution is -2.66. The highest BCUT2D eigenvalue weighted by molar-refractivity contribution is 5.94. The molecule has 0 unspecified atom stereocenters. The number of aldehydes is 1. The minimum absolute atomic E-state index is 0.101. The summed E-state index contributed by atoms with van der Waals surface area (Å²) in [7, 11) is 0. The zero-order valence-corrected chi connectivity index (χ0v) is 18.3. The number of carbonyl (C=O) groups is 2. The van der Waals surface area contributed by atoms with Crippen LogP contribution in [0.4, 0.5) is 0 Å². The van der Waals surface area contributed by atoms with E-state index >= 15 is 0 Å². The zero-order chi connectivity index (χ0) is 21.4. The summed E-state index contributed by atoms with van der Waals surface area (Å²) in [4.78, 5) is 23.9. The summed E-state index contributed by atoms with van der Waals surface area (Å²) in [6, 6.07) is 3.11. The fourth-order valence-corrected chi connectivity index (χ4v) is 3.38. The summed E-state index contributed by atoms with van der Waals surface area (Å²) in [5, 5.41) is 15.6. The first-order chi connectivity index (χ1) is 14.1. The van der Waals surface area contributed by atoms with Gasteiger partial charge in [-0.3, -0.25) is 14.9 Å². The van der Waals surface area contributed by atoms with Crippen molar-refractivity contribution in [3.63, 3.8) is 0 Å². The molecule has 0 bridgehead atoms. The quantitative estimate of drug-likeness (QED) is 0.188. The number of amides is 1. The van der Waals surface area contributed by atoms with Gasteiger partial charge in [0.15, 0.2) is 17.7 Å². The molecule has 0 aliphatic rings. The van der Waals surface area contributed by atoms with E-state index in [-0.39, 0.29) is 5.76 Å². The average molecular weight is 409 g/mol. The molecular weight excluding hydrogens is 368 g/mol. The van der Waals surface area contributed by atoms with Crippen LogP contribution in [0.2, 0.25) is 0 Å². The van der Waals surface area contributed by atoms with Gasteiger partial charge in [0.25, 0.3) is 5.91 Å². The Balaban J connectivity index is 2.17. The van der Waals surface area contributed by atoms with E-state index in [4.69, 9.17) is 4.42 Å². The zero-order valence-electron chi connectivity index (χ0n) is 18.3. The summed E-state index contributed by atoms with van der Waals surface area (Å²) in [5.74, 6) is -0.436. The van der Waals surface area contributed by atoms with E-state index in [9.17, 15) is 14.7 Å². The highest BCUT2D eigenvalue weighted by Gasteiger charge is 2.37. The number of carbonyl (C=O) groups excluding carboxylic acids is 2. The van der Waals surface area contributed by atoms with Gasteiger partial charge in [-0.2, -0.15) is 0 Å². The van der Waals surface area contributed by atoms with E-state index in [0.29, 0.717) is 12.8 Å². The van der Waals surface area contributed by atoms with Gasteiger partial charge in [0.2, 0.25) is 0 Å². The van der Waals surface area contributed by atoms with Crippen molar-refractivity contribution >= 4 is 12.2 Å². The molecule has 2 atom stereocenters. The standard InChI is InChI=1S/C23H40N2O4/c1-3-4-5-6-7-8-9-10-11-12-13-14-17-24-23(19-26,20(2)27)25-22(28)21-16-15-18-29-21/h15-16,18-20,24,27H,3-14,17H2,1-2H3,(H,25,28)/t20-,23-/m1/s1. The molecule has 0 aliphatic heterocycles. The molecule has 1 aromatic heterocycles. The molecule has 166 valence electrons. The first-order valence-electron chi connectivity index (χ1n) is 11.3. The summed E-state index contributed by atoms with van der Waals surface area (Å²) in [6.07, 6.45) is 15.9. The topological polar surface area (TPSA) is 91.6 Å². The smallest absolute Gasteiger partial charge is 0.288 e. The number of hydrogen-bond donors (Lipinski definition) is 3. The molecule has 3 N–H and O–H groups in total. The maximum atomic E-state index is 12.2. The van der Waals surface area contributed by atoms with Crippen molar-refractivity contribution in [2.24, 2.45) is 0 Å². The lowest BCUT2D eigenvalue weighted by atomic mass is 10.0. The number of nitrogens with one attached hydrogen (secondary N) is 2. The Hall–Kier alpha value is -1.66. The molecule has 0 aromatic carbocycles. The van der Waals surface area contributed by atoms with E-state index in [0.717, 1.165) is 12.8 Å². The van der Waals surface area contributed by atoms with Crippen LogP contribution in [0.1, 0.15) is 101 Å². The van der Waals surface area contributed by atoms with E-state index < -0.39 is 17.7 Å². The van der Waals surface area contributed by atoms with Crippen molar-refractivity contribution in [2.45, 2.75) is 103 Å². The highest BCUT2D eigenvalue weighted by Crippen LogP contribution is 2.12. The third-order valence-electron chi connectivity index (χ3n) is 5.36. The predicted octanol–water partition coefficient (Wildman–Crippen LogP) is 4.58. The van der Waals surface area contributed by atoms with Gasteiger partial charge in [0.1, 0.15) is 0 Å². The van der Waals surface area contributed by atoms with E-state index in [1.807, 2.05) is 0 Å². The molecule has 1 heterocycles. The molecule has 29 heavy (non-hydrogen) atoms. The molecule has 0 aliphatic carbocycles. The van der Waals surface area contributed by atoms with Gasteiger partial charge in [-0.15, -0.1) is 0 Å². The maximum Gasteiger partial charge on any atom is 0.288 e. The SMILES string of the molecule is CCCCCCCCCCCCCCN[C@](C=O)(NC(=O)c1ccco1)[C@@H](C)O. The molecular formula is C23H40N2O4. The van der Waals surface area contributed by atoms with Crippen LogP contribution in [-0.2, 0) is 4.79 Å². The summed E-state index contributed by atoms with van der Waals surface area (Å²) < 4.78 is 5.05. The molecule has 0 spiro atoms. The second-order valence-corrected chi connectivity index (χ2v) is 7.91. The van der Waals surface area contributed by atoms with Gasteiger partial charge in [-0.1, -0.05) is 77.6 Å². The lowest BCUT2D eigenvalue weighted by Gasteiger charge is -2.32. The number of rotatable bonds is 18. The van der Waals surface area contributed by atoms with E-state index in [2.05, 4.69) is 17.6 Å². The summed E-state index contributed by atoms with van der Waals surface area (Å²) in [5.41, 5.74) is -1.51. The molecule has 0 saturated heterocycles. The van der Waals surface area contributed by atoms with Gasteiger partial charge >= 0.3 is 0 Å². The van der Waals surface area contributed by atoms with Gasteiger partial charge in [-0.05, 0) is 32.0 Å². The van der Waals surface area contributed by atoms with Crippen LogP contribution in [0.25, 0.3) is 0 Å². The van der Waals surface area contributed by atoms with Crippen molar-refractivity contribution < 1.29 is 19.1 Å². The normalized spacial score (nSPS) is 14.3. The van der Waals surface area contributed by atoms with Crippen molar-refractivity contribution in [2.75, 3.05) is 6.54 Å². The minimum Gasteiger partial charge on any atom is -0.459 e. The Morgan fingerprint density at radius 1 is 1.07 bits per heavy atom. The van der Waals surface area contributed by atoms with Crippen LogP contribution in [0, 0.1) is 0 Å². The Morgan fingerprint density at radius 2 is 1.62 bits per heavy atom. The fourth-order valence-electron chi connectivity index (χ4n) is 3.38. The fraction of sp³-hybridized carbons (Fsp3) is 0.739. The molecule has 0 radical (unpaired) electrons.